The lowest BCUT2D eigenvalue weighted by Gasteiger charge is -2.43. The molecule has 4 aliphatic carbocycles. The molecule has 7 atom stereocenters. The van der Waals surface area contributed by atoms with Crippen LogP contribution in [0, 0.1) is 46.8 Å². The van der Waals surface area contributed by atoms with Gasteiger partial charge in [-0.05, 0) is 78.9 Å². The van der Waals surface area contributed by atoms with Crippen molar-refractivity contribution in [3.63, 3.8) is 0 Å². The molecule has 0 saturated heterocycles. The van der Waals surface area contributed by atoms with Gasteiger partial charge in [0.1, 0.15) is 0 Å². The van der Waals surface area contributed by atoms with Crippen molar-refractivity contribution in [3.8, 4) is 0 Å². The van der Waals surface area contributed by atoms with E-state index in [1.807, 2.05) is 0 Å². The Morgan fingerprint density at radius 1 is 0.850 bits per heavy atom. The van der Waals surface area contributed by atoms with Gasteiger partial charge >= 0.3 is 0 Å². The first-order valence-corrected chi connectivity index (χ1v) is 9.68. The molecule has 0 aromatic carbocycles. The summed E-state index contributed by atoms with van der Waals surface area (Å²) in [5.74, 6) is 7.86. The van der Waals surface area contributed by atoms with Crippen LogP contribution >= 0.6 is 0 Å². The molecule has 0 aromatic heterocycles. The maximum Gasteiger partial charge on any atom is -0.0295 e. The van der Waals surface area contributed by atoms with Crippen molar-refractivity contribution >= 4 is 0 Å². The standard InChI is InChI=1S/C20H34/c1-4-13-10-14(5-2)19-16-11-15(18(13)19)12-17(16)20(3)8-6-7-9-20/h13-19H,4-12H2,1-3H3. The molecule has 0 heterocycles. The Balaban J connectivity index is 1.60. The number of hydrogen-bond donors (Lipinski definition) is 0. The summed E-state index contributed by atoms with van der Waals surface area (Å²) in [6, 6.07) is 0. The highest BCUT2D eigenvalue weighted by Crippen LogP contribution is 2.69. The van der Waals surface area contributed by atoms with Crippen LogP contribution < -0.4 is 0 Å². The van der Waals surface area contributed by atoms with Crippen molar-refractivity contribution in [1.29, 1.82) is 0 Å². The lowest BCUT2D eigenvalue weighted by Crippen LogP contribution is -2.37. The maximum absolute atomic E-state index is 2.66. The van der Waals surface area contributed by atoms with E-state index >= 15 is 0 Å². The summed E-state index contributed by atoms with van der Waals surface area (Å²) in [5, 5.41) is 0. The van der Waals surface area contributed by atoms with E-state index in [-0.39, 0.29) is 0 Å². The second kappa shape index (κ2) is 4.75. The molecule has 0 amide bonds. The first-order chi connectivity index (χ1) is 9.68. The Bertz CT molecular complexity index is 364. The fourth-order valence-electron chi connectivity index (χ4n) is 7.75. The second-order valence-corrected chi connectivity index (χ2v) is 9.09. The monoisotopic (exact) mass is 274 g/mol. The Morgan fingerprint density at radius 2 is 1.50 bits per heavy atom. The van der Waals surface area contributed by atoms with E-state index in [1.54, 1.807) is 32.1 Å². The SMILES string of the molecule is CCC1CC(CC)C2C3CC(CC3C3(C)CCCC3)C12. The minimum atomic E-state index is 0.743. The maximum atomic E-state index is 2.66. The largest absolute Gasteiger partial charge is 0.0651 e. The zero-order chi connectivity index (χ0) is 13.9. The first-order valence-electron chi connectivity index (χ1n) is 9.68. The second-order valence-electron chi connectivity index (χ2n) is 9.09. The summed E-state index contributed by atoms with van der Waals surface area (Å²) in [4.78, 5) is 0. The third kappa shape index (κ3) is 1.72. The van der Waals surface area contributed by atoms with Gasteiger partial charge in [-0.25, -0.2) is 0 Å². The Hall–Kier alpha value is 0. The van der Waals surface area contributed by atoms with Crippen LogP contribution in [0.5, 0.6) is 0 Å². The summed E-state index contributed by atoms with van der Waals surface area (Å²) in [6.07, 6.45) is 13.9. The molecule has 0 spiro atoms. The van der Waals surface area contributed by atoms with Crippen LogP contribution in [0.2, 0.25) is 0 Å². The normalized spacial score (nSPS) is 52.6. The van der Waals surface area contributed by atoms with E-state index in [0.29, 0.717) is 0 Å². The van der Waals surface area contributed by atoms with Crippen molar-refractivity contribution in [2.24, 2.45) is 46.8 Å². The number of hydrogen-bond acceptors (Lipinski definition) is 0. The molecule has 0 radical (unpaired) electrons. The van der Waals surface area contributed by atoms with Crippen LogP contribution in [0.4, 0.5) is 0 Å². The van der Waals surface area contributed by atoms with Gasteiger partial charge in [-0.3, -0.25) is 0 Å². The van der Waals surface area contributed by atoms with Crippen LogP contribution in [-0.2, 0) is 0 Å². The molecule has 0 aromatic rings. The predicted molar refractivity (Wildman–Crippen MR) is 85.4 cm³/mol. The molecule has 0 heteroatoms. The summed E-state index contributed by atoms with van der Waals surface area (Å²) in [6.45, 7) is 7.59. The van der Waals surface area contributed by atoms with Crippen LogP contribution in [-0.4, -0.2) is 0 Å². The van der Waals surface area contributed by atoms with Gasteiger partial charge in [-0.15, -0.1) is 0 Å². The smallest absolute Gasteiger partial charge is 0.0295 e. The van der Waals surface area contributed by atoms with Crippen molar-refractivity contribution in [2.45, 2.75) is 78.6 Å². The number of rotatable bonds is 3. The van der Waals surface area contributed by atoms with E-state index < -0.39 is 0 Å². The highest BCUT2D eigenvalue weighted by atomic mass is 14.7. The summed E-state index contributed by atoms with van der Waals surface area (Å²) < 4.78 is 0. The number of fused-ring (bicyclic) bond motifs is 5. The van der Waals surface area contributed by atoms with Crippen molar-refractivity contribution in [2.75, 3.05) is 0 Å². The Morgan fingerprint density at radius 3 is 2.15 bits per heavy atom. The van der Waals surface area contributed by atoms with Crippen molar-refractivity contribution in [3.05, 3.63) is 0 Å². The molecule has 20 heavy (non-hydrogen) atoms. The zero-order valence-corrected chi connectivity index (χ0v) is 13.9. The van der Waals surface area contributed by atoms with Gasteiger partial charge in [0.2, 0.25) is 0 Å². The summed E-state index contributed by atoms with van der Waals surface area (Å²) in [5.41, 5.74) is 0.743. The highest BCUT2D eigenvalue weighted by Gasteiger charge is 2.62. The van der Waals surface area contributed by atoms with E-state index in [0.717, 1.165) is 46.8 Å². The van der Waals surface area contributed by atoms with Gasteiger partial charge in [0, 0.05) is 0 Å². The van der Waals surface area contributed by atoms with Gasteiger partial charge in [-0.2, -0.15) is 0 Å². The molecular formula is C20H34. The van der Waals surface area contributed by atoms with Crippen LogP contribution in [0.25, 0.3) is 0 Å². The average Bonchev–Trinajstić information content (AvgIpc) is 3.18. The Labute approximate surface area is 126 Å². The van der Waals surface area contributed by atoms with Gasteiger partial charge in [0.15, 0.2) is 0 Å². The molecule has 4 rings (SSSR count). The Kier molecular flexibility index (Phi) is 3.24. The predicted octanol–water partition coefficient (Wildman–Crippen LogP) is 5.91. The van der Waals surface area contributed by atoms with Gasteiger partial charge < -0.3 is 0 Å². The molecule has 4 fully saturated rings. The molecule has 7 unspecified atom stereocenters. The molecule has 4 aliphatic rings. The van der Waals surface area contributed by atoms with E-state index in [9.17, 15) is 0 Å². The van der Waals surface area contributed by atoms with Crippen LogP contribution in [0.3, 0.4) is 0 Å². The zero-order valence-electron chi connectivity index (χ0n) is 13.9. The topological polar surface area (TPSA) is 0 Å². The third-order valence-electron chi connectivity index (χ3n) is 8.52. The van der Waals surface area contributed by atoms with Crippen molar-refractivity contribution < 1.29 is 0 Å². The lowest BCUT2D eigenvalue weighted by atomic mass is 9.61. The fourth-order valence-corrected chi connectivity index (χ4v) is 7.75. The molecule has 2 bridgehead atoms. The first kappa shape index (κ1) is 13.6. The molecule has 114 valence electrons. The van der Waals surface area contributed by atoms with Crippen LogP contribution in [0.15, 0.2) is 0 Å². The minimum Gasteiger partial charge on any atom is -0.0651 e. The molecular weight excluding hydrogens is 240 g/mol. The van der Waals surface area contributed by atoms with Crippen LogP contribution in [0.1, 0.15) is 78.6 Å². The minimum absolute atomic E-state index is 0.743. The van der Waals surface area contributed by atoms with Gasteiger partial charge in [-0.1, -0.05) is 46.5 Å². The van der Waals surface area contributed by atoms with E-state index in [1.165, 1.54) is 25.7 Å². The fraction of sp³-hybridized carbons (Fsp3) is 1.00. The average molecular weight is 274 g/mol. The van der Waals surface area contributed by atoms with Gasteiger partial charge in [0.05, 0.1) is 0 Å². The van der Waals surface area contributed by atoms with E-state index in [2.05, 4.69) is 20.8 Å². The summed E-state index contributed by atoms with van der Waals surface area (Å²) in [7, 11) is 0. The lowest BCUT2D eigenvalue weighted by molar-refractivity contribution is 0.0497. The quantitative estimate of drug-likeness (QED) is 0.600. The van der Waals surface area contributed by atoms with E-state index in [4.69, 9.17) is 0 Å². The third-order valence-corrected chi connectivity index (χ3v) is 8.52. The molecule has 4 saturated carbocycles. The molecule has 0 aliphatic heterocycles. The molecule has 0 N–H and O–H groups in total. The molecule has 0 nitrogen and oxygen atoms in total. The summed E-state index contributed by atoms with van der Waals surface area (Å²) >= 11 is 0. The highest BCUT2D eigenvalue weighted by molar-refractivity contribution is 5.10. The van der Waals surface area contributed by atoms with Crippen molar-refractivity contribution in [1.82, 2.24) is 0 Å². The van der Waals surface area contributed by atoms with Gasteiger partial charge in [0.25, 0.3) is 0 Å².